The predicted molar refractivity (Wildman–Crippen MR) is 43.6 cm³/mol. The first-order valence-corrected chi connectivity index (χ1v) is 3.68. The molecule has 0 spiro atoms. The van der Waals surface area contributed by atoms with Crippen molar-refractivity contribution >= 4 is 11.9 Å². The molecule has 0 radical (unpaired) electrons. The number of methoxy groups -OCH3 is 1. The molecule has 5 nitrogen and oxygen atoms in total. The third kappa shape index (κ3) is 5.67. The highest BCUT2D eigenvalue weighted by Gasteiger charge is 2.07. The molecule has 0 aromatic rings. The van der Waals surface area contributed by atoms with E-state index in [1.165, 1.54) is 7.11 Å². The van der Waals surface area contributed by atoms with Crippen molar-refractivity contribution in [1.82, 2.24) is 10.6 Å². The van der Waals surface area contributed by atoms with Crippen molar-refractivity contribution in [2.24, 2.45) is 0 Å². The highest BCUT2D eigenvalue weighted by Crippen LogP contribution is 1.82. The van der Waals surface area contributed by atoms with E-state index >= 15 is 0 Å². The summed E-state index contributed by atoms with van der Waals surface area (Å²) in [5, 5.41) is 5.41. The Hall–Kier alpha value is -1.10. The minimum Gasteiger partial charge on any atom is -0.469 e. The number of likely N-dealkylation sites (N-methyl/N-ethyl adjacent to an activating group) is 1. The fourth-order valence-electron chi connectivity index (χ4n) is 0.593. The fourth-order valence-corrected chi connectivity index (χ4v) is 0.593. The van der Waals surface area contributed by atoms with Crippen molar-refractivity contribution < 1.29 is 14.3 Å². The summed E-state index contributed by atoms with van der Waals surface area (Å²) < 4.78 is 4.31. The quantitative estimate of drug-likeness (QED) is 0.315. The van der Waals surface area contributed by atoms with Crippen LogP contribution in [0.15, 0.2) is 0 Å². The summed E-state index contributed by atoms with van der Waals surface area (Å²) in [7, 11) is 3.04. The van der Waals surface area contributed by atoms with Gasteiger partial charge in [0, 0.05) is 13.1 Å². The second-order valence-electron chi connectivity index (χ2n) is 2.21. The Bertz CT molecular complexity index is 159. The first-order chi connectivity index (χ1) is 5.70. The zero-order valence-electron chi connectivity index (χ0n) is 7.35. The molecule has 0 aromatic heterocycles. The fraction of sp³-hybridized carbons (Fsp3) is 0.714. The van der Waals surface area contributed by atoms with Gasteiger partial charge in [-0.3, -0.25) is 9.59 Å². The molecule has 0 aliphatic heterocycles. The zero-order chi connectivity index (χ0) is 9.40. The smallest absolute Gasteiger partial charge is 0.315 e. The number of carbonyl (C=O) groups is 2. The highest BCUT2D eigenvalue weighted by molar-refractivity contribution is 5.94. The van der Waals surface area contributed by atoms with Gasteiger partial charge in [0.1, 0.15) is 6.42 Å². The predicted octanol–water partition coefficient (Wildman–Crippen LogP) is -1.11. The molecule has 1 amide bonds. The van der Waals surface area contributed by atoms with Gasteiger partial charge in [0.2, 0.25) is 5.91 Å². The molecule has 0 rings (SSSR count). The van der Waals surface area contributed by atoms with Crippen molar-refractivity contribution in [3.8, 4) is 0 Å². The summed E-state index contributed by atoms with van der Waals surface area (Å²) in [6.45, 7) is 1.21. The molecule has 0 aliphatic rings. The molecule has 0 atom stereocenters. The van der Waals surface area contributed by atoms with Gasteiger partial charge in [-0.2, -0.15) is 0 Å². The van der Waals surface area contributed by atoms with E-state index in [-0.39, 0.29) is 12.3 Å². The lowest BCUT2D eigenvalue weighted by Crippen LogP contribution is -2.31. The van der Waals surface area contributed by atoms with Crippen molar-refractivity contribution in [1.29, 1.82) is 0 Å². The monoisotopic (exact) mass is 174 g/mol. The molecule has 12 heavy (non-hydrogen) atoms. The lowest BCUT2D eigenvalue weighted by atomic mass is 10.4. The molecule has 0 bridgehead atoms. The summed E-state index contributed by atoms with van der Waals surface area (Å²) in [5.41, 5.74) is 0. The Balaban J connectivity index is 3.40. The van der Waals surface area contributed by atoms with Crippen LogP contribution in [0.25, 0.3) is 0 Å². The van der Waals surface area contributed by atoms with E-state index in [4.69, 9.17) is 0 Å². The molecule has 0 saturated carbocycles. The van der Waals surface area contributed by atoms with Gasteiger partial charge in [-0.1, -0.05) is 0 Å². The van der Waals surface area contributed by atoms with Crippen LogP contribution in [0.2, 0.25) is 0 Å². The first kappa shape index (κ1) is 10.9. The molecular weight excluding hydrogens is 160 g/mol. The Morgan fingerprint density at radius 2 is 2.00 bits per heavy atom. The molecule has 2 N–H and O–H groups in total. The topological polar surface area (TPSA) is 67.4 Å². The van der Waals surface area contributed by atoms with Gasteiger partial charge < -0.3 is 15.4 Å². The van der Waals surface area contributed by atoms with Gasteiger partial charge >= 0.3 is 5.97 Å². The number of hydrogen-bond acceptors (Lipinski definition) is 4. The number of nitrogens with one attached hydrogen (secondary N) is 2. The van der Waals surface area contributed by atoms with Gasteiger partial charge in [0.15, 0.2) is 0 Å². The largest absolute Gasteiger partial charge is 0.469 e. The lowest BCUT2D eigenvalue weighted by Gasteiger charge is -2.02. The van der Waals surface area contributed by atoms with Gasteiger partial charge in [0.25, 0.3) is 0 Å². The maximum absolute atomic E-state index is 10.8. The SMILES string of the molecule is CNCCNC(=O)CC(=O)OC. The normalized spacial score (nSPS) is 9.17. The molecule has 0 saturated heterocycles. The maximum atomic E-state index is 10.8. The van der Waals surface area contributed by atoms with Gasteiger partial charge in [-0.25, -0.2) is 0 Å². The summed E-state index contributed by atoms with van der Waals surface area (Å²) in [4.78, 5) is 21.4. The summed E-state index contributed by atoms with van der Waals surface area (Å²) >= 11 is 0. The first-order valence-electron chi connectivity index (χ1n) is 3.68. The number of carbonyl (C=O) groups excluding carboxylic acids is 2. The molecule has 5 heteroatoms. The molecule has 0 aliphatic carbocycles. The summed E-state index contributed by atoms with van der Waals surface area (Å²) in [5.74, 6) is -0.825. The van der Waals surface area contributed by atoms with E-state index < -0.39 is 5.97 Å². The highest BCUT2D eigenvalue weighted by atomic mass is 16.5. The Kier molecular flexibility index (Phi) is 6.00. The van der Waals surface area contributed by atoms with Crippen molar-refractivity contribution in [2.75, 3.05) is 27.2 Å². The molecule has 0 heterocycles. The molecular formula is C7H14N2O3. The maximum Gasteiger partial charge on any atom is 0.315 e. The minimum absolute atomic E-state index is 0.208. The standard InChI is InChI=1S/C7H14N2O3/c1-8-3-4-9-6(10)5-7(11)12-2/h8H,3-5H2,1-2H3,(H,9,10). The zero-order valence-corrected chi connectivity index (χ0v) is 7.35. The molecule has 0 fully saturated rings. The average molecular weight is 174 g/mol. The number of hydrogen-bond donors (Lipinski definition) is 2. The van der Waals surface area contributed by atoms with Crippen LogP contribution in [0.3, 0.4) is 0 Å². The van der Waals surface area contributed by atoms with E-state index in [1.54, 1.807) is 7.05 Å². The summed E-state index contributed by atoms with van der Waals surface area (Å²) in [6.07, 6.45) is -0.208. The van der Waals surface area contributed by atoms with Crippen molar-refractivity contribution in [2.45, 2.75) is 6.42 Å². The lowest BCUT2D eigenvalue weighted by molar-refractivity contribution is -0.143. The van der Waals surface area contributed by atoms with Crippen LogP contribution in [0.1, 0.15) is 6.42 Å². The second-order valence-corrected chi connectivity index (χ2v) is 2.21. The number of ether oxygens (including phenoxy) is 1. The van der Waals surface area contributed by atoms with Crippen LogP contribution in [0, 0.1) is 0 Å². The number of rotatable bonds is 5. The number of esters is 1. The second kappa shape index (κ2) is 6.60. The van der Waals surface area contributed by atoms with Gasteiger partial charge in [0.05, 0.1) is 7.11 Å². The minimum atomic E-state index is -0.517. The molecule has 0 aromatic carbocycles. The third-order valence-corrected chi connectivity index (χ3v) is 1.23. The van der Waals surface area contributed by atoms with Crippen LogP contribution >= 0.6 is 0 Å². The Morgan fingerprint density at radius 3 is 2.50 bits per heavy atom. The average Bonchev–Trinajstić information content (AvgIpc) is 2.05. The van der Waals surface area contributed by atoms with Crippen LogP contribution in [0.4, 0.5) is 0 Å². The van der Waals surface area contributed by atoms with Gasteiger partial charge in [-0.15, -0.1) is 0 Å². The summed E-state index contributed by atoms with van der Waals surface area (Å²) in [6, 6.07) is 0. The van der Waals surface area contributed by atoms with E-state index in [1.807, 2.05) is 0 Å². The van der Waals surface area contributed by atoms with Crippen LogP contribution in [-0.2, 0) is 14.3 Å². The molecule has 0 unspecified atom stereocenters. The van der Waals surface area contributed by atoms with Crippen LogP contribution < -0.4 is 10.6 Å². The molecule has 70 valence electrons. The van der Waals surface area contributed by atoms with E-state index in [0.29, 0.717) is 13.1 Å². The van der Waals surface area contributed by atoms with Crippen molar-refractivity contribution in [3.63, 3.8) is 0 Å². The van der Waals surface area contributed by atoms with Crippen LogP contribution in [-0.4, -0.2) is 39.1 Å². The van der Waals surface area contributed by atoms with Crippen LogP contribution in [0.5, 0.6) is 0 Å². The van der Waals surface area contributed by atoms with E-state index in [0.717, 1.165) is 0 Å². The van der Waals surface area contributed by atoms with Crippen molar-refractivity contribution in [3.05, 3.63) is 0 Å². The van der Waals surface area contributed by atoms with E-state index in [9.17, 15) is 9.59 Å². The van der Waals surface area contributed by atoms with E-state index in [2.05, 4.69) is 15.4 Å². The third-order valence-electron chi connectivity index (χ3n) is 1.23. The van der Waals surface area contributed by atoms with Gasteiger partial charge in [-0.05, 0) is 7.05 Å². The Morgan fingerprint density at radius 1 is 1.33 bits per heavy atom. The Labute approximate surface area is 71.5 Å². The number of amides is 1.